The fourth-order valence-electron chi connectivity index (χ4n) is 2.14. The third kappa shape index (κ3) is 9.58. The fraction of sp³-hybridized carbons (Fsp3) is 0.474. The highest BCUT2D eigenvalue weighted by molar-refractivity contribution is 6.65. The van der Waals surface area contributed by atoms with Gasteiger partial charge in [0, 0.05) is 18.5 Å². The Labute approximate surface area is 163 Å². The maximum Gasteiger partial charge on any atom is 0.416 e. The van der Waals surface area contributed by atoms with E-state index in [1.165, 1.54) is 6.07 Å². The van der Waals surface area contributed by atoms with Crippen molar-refractivity contribution < 1.29 is 23.1 Å². The number of rotatable bonds is 8. The number of carbonyl (C=O) groups is 1. The number of carboxylic acid groups (broad SMARTS) is 1. The zero-order chi connectivity index (χ0) is 21.0. The van der Waals surface area contributed by atoms with Crippen LogP contribution in [-0.2, 0) is 17.5 Å². The van der Waals surface area contributed by atoms with Gasteiger partial charge in [-0.05, 0) is 37.6 Å². The van der Waals surface area contributed by atoms with Gasteiger partial charge >= 0.3 is 12.1 Å². The van der Waals surface area contributed by atoms with E-state index in [9.17, 15) is 18.0 Å². The number of hydrogen-bond acceptors (Lipinski definition) is 3. The molecule has 0 unspecified atom stereocenters. The first-order valence-electron chi connectivity index (χ1n) is 8.69. The van der Waals surface area contributed by atoms with Crippen LogP contribution in [0.5, 0.6) is 0 Å². The van der Waals surface area contributed by atoms with E-state index in [0.29, 0.717) is 23.4 Å². The van der Waals surface area contributed by atoms with Crippen LogP contribution < -0.4 is 5.32 Å². The van der Waals surface area contributed by atoms with Crippen molar-refractivity contribution in [2.45, 2.75) is 53.3 Å². The quantitative estimate of drug-likeness (QED) is 0.544. The highest BCUT2D eigenvalue weighted by Gasteiger charge is 2.31. The summed E-state index contributed by atoms with van der Waals surface area (Å²) < 4.78 is 38.9. The molecule has 1 rings (SSSR count). The third-order valence-corrected chi connectivity index (χ3v) is 3.33. The van der Waals surface area contributed by atoms with Gasteiger partial charge in [0.1, 0.15) is 5.17 Å². The van der Waals surface area contributed by atoms with Crippen LogP contribution >= 0.6 is 11.6 Å². The Morgan fingerprint density at radius 3 is 2.44 bits per heavy atom. The number of nitrogens with zero attached hydrogens (tertiary/aromatic N) is 1. The van der Waals surface area contributed by atoms with E-state index >= 15 is 0 Å². The molecule has 0 amide bonds. The lowest BCUT2D eigenvalue weighted by Gasteiger charge is -2.15. The largest absolute Gasteiger partial charge is 0.481 e. The number of aliphatic carboxylic acids is 1. The topological polar surface area (TPSA) is 61.7 Å². The van der Waals surface area contributed by atoms with Crippen LogP contribution in [0.3, 0.4) is 0 Å². The molecule has 0 atom stereocenters. The van der Waals surface area contributed by atoms with E-state index < -0.39 is 17.7 Å². The van der Waals surface area contributed by atoms with E-state index in [4.69, 9.17) is 16.7 Å². The monoisotopic (exact) mass is 406 g/mol. The molecule has 2 N–H and O–H groups in total. The zero-order valence-corrected chi connectivity index (χ0v) is 16.7. The summed E-state index contributed by atoms with van der Waals surface area (Å²) in [6, 6.07) is 3.39. The van der Waals surface area contributed by atoms with Crippen LogP contribution in [0.25, 0.3) is 5.70 Å². The summed E-state index contributed by atoms with van der Waals surface area (Å²) in [6.07, 6.45) is -2.79. The molecule has 0 spiro atoms. The summed E-state index contributed by atoms with van der Waals surface area (Å²) in [5, 5.41) is 11.9. The normalized spacial score (nSPS) is 12.4. The molecule has 0 radical (unpaired) electrons. The van der Waals surface area contributed by atoms with E-state index in [1.807, 2.05) is 20.8 Å². The number of halogens is 4. The molecule has 0 saturated heterocycles. The van der Waals surface area contributed by atoms with Crippen molar-refractivity contribution in [2.75, 3.05) is 6.54 Å². The second kappa shape index (κ2) is 12.5. The van der Waals surface area contributed by atoms with Crippen molar-refractivity contribution in [2.24, 2.45) is 4.99 Å². The smallest absolute Gasteiger partial charge is 0.416 e. The van der Waals surface area contributed by atoms with Gasteiger partial charge in [0.25, 0.3) is 0 Å². The number of alkyl halides is 3. The number of allylic oxidation sites excluding steroid dienone is 1. The molecule has 0 aliphatic rings. The predicted molar refractivity (Wildman–Crippen MR) is 104 cm³/mol. The Balaban J connectivity index is 0.00000326. The van der Waals surface area contributed by atoms with E-state index in [1.54, 1.807) is 13.0 Å². The van der Waals surface area contributed by atoms with Crippen LogP contribution in [0.15, 0.2) is 29.3 Å². The molecule has 0 heterocycles. The molecule has 152 valence electrons. The molecule has 0 aromatic heterocycles. The Hall–Kier alpha value is -1.86. The fourth-order valence-corrected chi connectivity index (χ4v) is 2.23. The molecular weight excluding hydrogens is 381 g/mol. The summed E-state index contributed by atoms with van der Waals surface area (Å²) >= 11 is 5.82. The standard InChI is InChI=1S/C17H20ClF3N2O2.C2H6/c1-3-22-10-12-9-13(17(19,20)21)7-8-14(12)15(23-11(2)18)5-4-6-16(24)25;1-2/h5,7-9,22H,3-4,6,10H2,1-2H3,(H,24,25);1-2H3/b15-5-,23-11?;. The third-order valence-electron chi connectivity index (χ3n) is 3.24. The molecule has 0 aliphatic heterocycles. The number of aliphatic imine (C=N–C) groups is 1. The lowest BCUT2D eigenvalue weighted by atomic mass is 10.00. The zero-order valence-electron chi connectivity index (χ0n) is 16.0. The number of benzene rings is 1. The van der Waals surface area contributed by atoms with Crippen LogP contribution in [0.2, 0.25) is 0 Å². The molecule has 0 aliphatic carbocycles. The minimum Gasteiger partial charge on any atom is -0.481 e. The summed E-state index contributed by atoms with van der Waals surface area (Å²) in [5.41, 5.74) is 0.509. The molecule has 0 saturated carbocycles. The lowest BCUT2D eigenvalue weighted by molar-refractivity contribution is -0.138. The van der Waals surface area contributed by atoms with Gasteiger partial charge in [-0.1, -0.05) is 44.5 Å². The number of nitrogens with one attached hydrogen (secondary N) is 1. The first kappa shape index (κ1) is 25.1. The van der Waals surface area contributed by atoms with Crippen LogP contribution in [0, 0.1) is 0 Å². The maximum atomic E-state index is 13.0. The number of hydrogen-bond donors (Lipinski definition) is 2. The minimum absolute atomic E-state index is 0.108. The van der Waals surface area contributed by atoms with Crippen molar-refractivity contribution in [1.82, 2.24) is 5.32 Å². The average molecular weight is 407 g/mol. The minimum atomic E-state index is -4.45. The average Bonchev–Trinajstić information content (AvgIpc) is 2.59. The Morgan fingerprint density at radius 1 is 1.33 bits per heavy atom. The lowest BCUT2D eigenvalue weighted by Crippen LogP contribution is -2.15. The van der Waals surface area contributed by atoms with Gasteiger partial charge in [-0.15, -0.1) is 0 Å². The highest BCUT2D eigenvalue weighted by Crippen LogP contribution is 2.32. The summed E-state index contributed by atoms with van der Waals surface area (Å²) in [7, 11) is 0. The molecule has 4 nitrogen and oxygen atoms in total. The van der Waals surface area contributed by atoms with Crippen LogP contribution in [0.4, 0.5) is 13.2 Å². The van der Waals surface area contributed by atoms with Gasteiger partial charge in [0.05, 0.1) is 11.3 Å². The van der Waals surface area contributed by atoms with Gasteiger partial charge in [-0.25, -0.2) is 4.99 Å². The van der Waals surface area contributed by atoms with Gasteiger partial charge in [-0.2, -0.15) is 13.2 Å². The Morgan fingerprint density at radius 2 is 1.96 bits per heavy atom. The van der Waals surface area contributed by atoms with Crippen molar-refractivity contribution in [3.63, 3.8) is 0 Å². The maximum absolute atomic E-state index is 13.0. The number of carboxylic acids is 1. The van der Waals surface area contributed by atoms with Crippen molar-refractivity contribution in [3.8, 4) is 0 Å². The van der Waals surface area contributed by atoms with E-state index in [2.05, 4.69) is 10.3 Å². The van der Waals surface area contributed by atoms with Gasteiger partial charge in [0.2, 0.25) is 0 Å². The van der Waals surface area contributed by atoms with E-state index in [0.717, 1.165) is 12.1 Å². The van der Waals surface area contributed by atoms with Crippen LogP contribution in [0.1, 0.15) is 57.2 Å². The second-order valence-corrected chi connectivity index (χ2v) is 5.83. The van der Waals surface area contributed by atoms with E-state index in [-0.39, 0.29) is 24.6 Å². The molecule has 0 bridgehead atoms. The van der Waals surface area contributed by atoms with Gasteiger partial charge in [0.15, 0.2) is 0 Å². The summed E-state index contributed by atoms with van der Waals surface area (Å²) in [4.78, 5) is 14.8. The Bertz CT molecular complexity index is 667. The predicted octanol–water partition coefficient (Wildman–Crippen LogP) is 5.70. The first-order valence-corrected chi connectivity index (χ1v) is 9.07. The van der Waals surface area contributed by atoms with Gasteiger partial charge < -0.3 is 10.4 Å². The van der Waals surface area contributed by atoms with Crippen LogP contribution in [-0.4, -0.2) is 22.8 Å². The van der Waals surface area contributed by atoms with Crippen molar-refractivity contribution >= 4 is 28.4 Å². The molecule has 27 heavy (non-hydrogen) atoms. The van der Waals surface area contributed by atoms with Crippen molar-refractivity contribution in [3.05, 3.63) is 41.0 Å². The second-order valence-electron chi connectivity index (χ2n) is 5.28. The molecule has 0 fully saturated rings. The Kier molecular flexibility index (Phi) is 11.7. The SMILES string of the molecule is CC.CCNCc1cc(C(F)(F)F)ccc1/C(=C/CCC(=O)O)N=C(C)Cl. The summed E-state index contributed by atoms with van der Waals surface area (Å²) in [5.74, 6) is -0.970. The summed E-state index contributed by atoms with van der Waals surface area (Å²) in [6.45, 7) is 8.20. The van der Waals surface area contributed by atoms with Gasteiger partial charge in [-0.3, -0.25) is 4.79 Å². The molecule has 1 aromatic carbocycles. The molecule has 1 aromatic rings. The molecule has 8 heteroatoms. The molecular formula is C19H26ClF3N2O2. The first-order chi connectivity index (χ1) is 12.6. The highest BCUT2D eigenvalue weighted by atomic mass is 35.5. The van der Waals surface area contributed by atoms with Crippen molar-refractivity contribution in [1.29, 1.82) is 0 Å².